The van der Waals surface area contributed by atoms with Crippen LogP contribution < -0.4 is 20.4 Å². The van der Waals surface area contributed by atoms with Crippen LogP contribution >= 0.6 is 0 Å². The number of fused-ring (bicyclic) bond motifs is 1. The van der Waals surface area contributed by atoms with Gasteiger partial charge in [-0.2, -0.15) is 0 Å². The molecule has 2 aromatic heterocycles. The van der Waals surface area contributed by atoms with Gasteiger partial charge in [0.15, 0.2) is 0 Å². The summed E-state index contributed by atoms with van der Waals surface area (Å²) < 4.78 is 0. The molecule has 0 bridgehead atoms. The molecule has 2 aliphatic rings. The van der Waals surface area contributed by atoms with E-state index >= 15 is 0 Å². The number of carbonyl (C=O) groups is 1. The van der Waals surface area contributed by atoms with Crippen LogP contribution in [0.3, 0.4) is 0 Å². The molecule has 0 aliphatic carbocycles. The second-order valence-corrected chi connectivity index (χ2v) is 9.46. The Labute approximate surface area is 206 Å². The fourth-order valence-electron chi connectivity index (χ4n) is 4.81. The number of rotatable bonds is 8. The third-order valence-corrected chi connectivity index (χ3v) is 6.79. The Morgan fingerprint density at radius 1 is 1.11 bits per heavy atom. The fraction of sp³-hybridized carbons (Fsp3) is 0.423. The Morgan fingerprint density at radius 2 is 1.91 bits per heavy atom. The van der Waals surface area contributed by atoms with Gasteiger partial charge in [-0.05, 0) is 50.2 Å². The number of carbonyl (C=O) groups excluding carboxylic acids is 1. The van der Waals surface area contributed by atoms with Crippen LogP contribution in [0.15, 0.2) is 42.9 Å². The predicted molar refractivity (Wildman–Crippen MR) is 140 cm³/mol. The Kier molecular flexibility index (Phi) is 6.85. The maximum absolute atomic E-state index is 12.5. The van der Waals surface area contributed by atoms with Crippen molar-refractivity contribution < 1.29 is 4.79 Å². The molecule has 0 saturated carbocycles. The van der Waals surface area contributed by atoms with E-state index in [-0.39, 0.29) is 5.91 Å². The number of aromatic amines is 1. The summed E-state index contributed by atoms with van der Waals surface area (Å²) >= 11 is 0. The molecule has 2 aliphatic heterocycles. The van der Waals surface area contributed by atoms with E-state index in [1.165, 1.54) is 18.5 Å². The maximum atomic E-state index is 12.5. The van der Waals surface area contributed by atoms with Crippen LogP contribution in [0.2, 0.25) is 0 Å². The van der Waals surface area contributed by atoms with E-state index in [2.05, 4.69) is 46.4 Å². The molecule has 1 amide bonds. The van der Waals surface area contributed by atoms with Crippen molar-refractivity contribution in [2.45, 2.75) is 25.8 Å². The molecule has 1 fully saturated rings. The zero-order valence-corrected chi connectivity index (χ0v) is 20.5. The average molecular weight is 475 g/mol. The van der Waals surface area contributed by atoms with Gasteiger partial charge < -0.3 is 30.3 Å². The van der Waals surface area contributed by atoms with E-state index in [1.807, 2.05) is 44.6 Å². The Bertz CT molecular complexity index is 1150. The van der Waals surface area contributed by atoms with Gasteiger partial charge in [0.2, 0.25) is 0 Å². The molecule has 0 spiro atoms. The third-order valence-electron chi connectivity index (χ3n) is 6.79. The number of amides is 1. The van der Waals surface area contributed by atoms with Crippen LogP contribution in [0.5, 0.6) is 0 Å². The van der Waals surface area contributed by atoms with Gasteiger partial charge >= 0.3 is 0 Å². The van der Waals surface area contributed by atoms with Gasteiger partial charge in [0.05, 0.1) is 41.8 Å². The first-order valence-corrected chi connectivity index (χ1v) is 12.4. The minimum absolute atomic E-state index is 0.0326. The summed E-state index contributed by atoms with van der Waals surface area (Å²) in [6, 6.07) is 9.65. The summed E-state index contributed by atoms with van der Waals surface area (Å²) in [4.78, 5) is 31.7. The van der Waals surface area contributed by atoms with E-state index in [4.69, 9.17) is 0 Å². The Hall–Kier alpha value is -3.59. The van der Waals surface area contributed by atoms with E-state index in [9.17, 15) is 4.79 Å². The highest BCUT2D eigenvalue weighted by atomic mass is 16.1. The van der Waals surface area contributed by atoms with Gasteiger partial charge in [0.25, 0.3) is 5.91 Å². The van der Waals surface area contributed by atoms with Gasteiger partial charge in [-0.25, -0.2) is 9.97 Å². The average Bonchev–Trinajstić information content (AvgIpc) is 3.56. The van der Waals surface area contributed by atoms with Gasteiger partial charge in [0, 0.05) is 57.5 Å². The normalized spacial score (nSPS) is 15.7. The van der Waals surface area contributed by atoms with Gasteiger partial charge in [0.1, 0.15) is 5.82 Å². The number of hydrogen-bond donors (Lipinski definition) is 3. The number of nitrogens with zero attached hydrogens (tertiary/aromatic N) is 5. The third kappa shape index (κ3) is 5.40. The van der Waals surface area contributed by atoms with Gasteiger partial charge in [-0.1, -0.05) is 0 Å². The molecule has 35 heavy (non-hydrogen) atoms. The first kappa shape index (κ1) is 23.2. The van der Waals surface area contributed by atoms with Crippen LogP contribution in [0.4, 0.5) is 22.9 Å². The lowest BCUT2D eigenvalue weighted by Crippen LogP contribution is -2.33. The minimum Gasteiger partial charge on any atom is -0.375 e. The van der Waals surface area contributed by atoms with Crippen LogP contribution in [-0.4, -0.2) is 72.6 Å². The van der Waals surface area contributed by atoms with E-state index in [0.29, 0.717) is 12.1 Å². The topological polar surface area (TPSA) is 92.4 Å². The number of nitrogens with one attached hydrogen (secondary N) is 3. The van der Waals surface area contributed by atoms with Crippen molar-refractivity contribution in [3.63, 3.8) is 0 Å². The molecule has 0 unspecified atom stereocenters. The molecule has 1 aromatic carbocycles. The summed E-state index contributed by atoms with van der Waals surface area (Å²) in [7, 11) is 4.07. The van der Waals surface area contributed by atoms with Crippen LogP contribution in [-0.2, 0) is 13.0 Å². The van der Waals surface area contributed by atoms with Crippen molar-refractivity contribution in [3.05, 3.63) is 59.8 Å². The first-order valence-electron chi connectivity index (χ1n) is 12.4. The molecule has 0 atom stereocenters. The first-order chi connectivity index (χ1) is 17.1. The van der Waals surface area contributed by atoms with Crippen molar-refractivity contribution >= 4 is 28.8 Å². The van der Waals surface area contributed by atoms with Crippen molar-refractivity contribution in [2.24, 2.45) is 0 Å². The maximum Gasteiger partial charge on any atom is 0.251 e. The largest absolute Gasteiger partial charge is 0.375 e. The lowest BCUT2D eigenvalue weighted by molar-refractivity contribution is 0.0950. The van der Waals surface area contributed by atoms with Gasteiger partial charge in [-0.3, -0.25) is 4.79 Å². The summed E-state index contributed by atoms with van der Waals surface area (Å²) in [5.74, 6) is 0.735. The van der Waals surface area contributed by atoms with Crippen LogP contribution in [0, 0.1) is 0 Å². The molecule has 4 heterocycles. The molecular formula is C26H34N8O. The number of likely N-dealkylation sites (tertiary alicyclic amines) is 1. The number of pyridine rings is 1. The molecule has 0 radical (unpaired) electrons. The number of H-pyrrole nitrogens is 1. The molecule has 9 heteroatoms. The molecule has 184 valence electrons. The van der Waals surface area contributed by atoms with E-state index in [0.717, 1.165) is 67.7 Å². The SMILES string of the molecule is CN(C)c1cnc(Nc2ccc(C(=O)NCCN3CCCC3)cc2)cc1N1CCc2nc[nH]c2C1. The molecular weight excluding hydrogens is 440 g/mol. The molecule has 3 aromatic rings. The number of imidazole rings is 1. The summed E-state index contributed by atoms with van der Waals surface area (Å²) in [5.41, 5.74) is 6.07. The number of hydrogen-bond acceptors (Lipinski definition) is 7. The molecule has 3 N–H and O–H groups in total. The summed E-state index contributed by atoms with van der Waals surface area (Å²) in [6.07, 6.45) is 7.12. The van der Waals surface area contributed by atoms with E-state index < -0.39 is 0 Å². The fourth-order valence-corrected chi connectivity index (χ4v) is 4.81. The number of benzene rings is 1. The summed E-state index contributed by atoms with van der Waals surface area (Å²) in [6.45, 7) is 5.58. The molecule has 9 nitrogen and oxygen atoms in total. The van der Waals surface area contributed by atoms with E-state index in [1.54, 1.807) is 6.33 Å². The predicted octanol–water partition coefficient (Wildman–Crippen LogP) is 3.00. The summed E-state index contributed by atoms with van der Waals surface area (Å²) in [5, 5.41) is 6.43. The Morgan fingerprint density at radius 3 is 2.69 bits per heavy atom. The quantitative estimate of drug-likeness (QED) is 0.462. The molecule has 1 saturated heterocycles. The Balaban J connectivity index is 1.24. The highest BCUT2D eigenvalue weighted by Crippen LogP contribution is 2.33. The monoisotopic (exact) mass is 474 g/mol. The molecule has 5 rings (SSSR count). The smallest absolute Gasteiger partial charge is 0.251 e. The minimum atomic E-state index is -0.0326. The van der Waals surface area contributed by atoms with Crippen LogP contribution in [0.1, 0.15) is 34.6 Å². The lowest BCUT2D eigenvalue weighted by atomic mass is 10.1. The standard InChI is InChI=1S/C26H34N8O/c1-32(2)24-16-28-25(15-23(24)34-13-9-21-22(17-34)30-18-29-21)31-20-7-5-19(6-8-20)26(35)27-10-14-33-11-3-4-12-33/h5-8,15-16,18H,3-4,9-14,17H2,1-2H3,(H,27,35)(H,28,31)(H,29,30). The zero-order valence-electron chi connectivity index (χ0n) is 20.5. The van der Waals surface area contributed by atoms with Crippen molar-refractivity contribution in [3.8, 4) is 0 Å². The zero-order chi connectivity index (χ0) is 24.2. The number of aromatic nitrogens is 3. The van der Waals surface area contributed by atoms with Gasteiger partial charge in [-0.15, -0.1) is 0 Å². The highest BCUT2D eigenvalue weighted by Gasteiger charge is 2.22. The second kappa shape index (κ2) is 10.4. The lowest BCUT2D eigenvalue weighted by Gasteiger charge is -2.31. The number of anilines is 4. The van der Waals surface area contributed by atoms with Crippen LogP contribution in [0.25, 0.3) is 0 Å². The van der Waals surface area contributed by atoms with Crippen molar-refractivity contribution in [1.29, 1.82) is 0 Å². The highest BCUT2D eigenvalue weighted by molar-refractivity contribution is 5.94. The second-order valence-electron chi connectivity index (χ2n) is 9.46. The van der Waals surface area contributed by atoms with Crippen molar-refractivity contribution in [1.82, 2.24) is 25.2 Å². The van der Waals surface area contributed by atoms with Crippen molar-refractivity contribution in [2.75, 3.05) is 61.9 Å².